The number of benzene rings is 1. The van der Waals surface area contributed by atoms with E-state index in [1.807, 2.05) is 39.0 Å². The summed E-state index contributed by atoms with van der Waals surface area (Å²) in [7, 11) is 0. The first kappa shape index (κ1) is 18.2. The van der Waals surface area contributed by atoms with E-state index >= 15 is 0 Å². The summed E-state index contributed by atoms with van der Waals surface area (Å²) < 4.78 is 3.20. The van der Waals surface area contributed by atoms with Gasteiger partial charge in [-0.05, 0) is 62.2 Å². The molecule has 1 fully saturated rings. The van der Waals surface area contributed by atoms with Crippen molar-refractivity contribution in [3.8, 4) is 5.69 Å². The Balaban J connectivity index is 2.01. The third-order valence-corrected chi connectivity index (χ3v) is 5.33. The van der Waals surface area contributed by atoms with Crippen molar-refractivity contribution in [3.05, 3.63) is 69.6 Å². The predicted octanol–water partition coefficient (Wildman–Crippen LogP) is 4.24. The first-order valence-electron chi connectivity index (χ1n) is 8.24. The zero-order chi connectivity index (χ0) is 19.0. The van der Waals surface area contributed by atoms with Crippen LogP contribution in [0.5, 0.6) is 0 Å². The molecule has 0 aliphatic carbocycles. The van der Waals surface area contributed by atoms with E-state index in [1.54, 1.807) is 6.08 Å². The normalized spacial score (nSPS) is 15.7. The van der Waals surface area contributed by atoms with Crippen LogP contribution >= 0.6 is 15.9 Å². The average molecular weight is 414 g/mol. The summed E-state index contributed by atoms with van der Waals surface area (Å²) in [6.45, 7) is 9.84. The van der Waals surface area contributed by atoms with Gasteiger partial charge in [-0.15, -0.1) is 6.58 Å². The Morgan fingerprint density at radius 1 is 1.19 bits per heavy atom. The first-order valence-corrected chi connectivity index (χ1v) is 9.03. The topological polar surface area (TPSA) is 54.3 Å². The van der Waals surface area contributed by atoms with Gasteiger partial charge < -0.3 is 9.88 Å². The summed E-state index contributed by atoms with van der Waals surface area (Å²) in [5, 5.41) is 2.63. The van der Waals surface area contributed by atoms with E-state index in [-0.39, 0.29) is 18.1 Å². The van der Waals surface area contributed by atoms with E-state index in [2.05, 4.69) is 38.5 Å². The highest BCUT2D eigenvalue weighted by Gasteiger charge is 2.32. The van der Waals surface area contributed by atoms with Gasteiger partial charge in [0.05, 0.1) is 0 Å². The molecule has 0 bridgehead atoms. The molecule has 134 valence electrons. The standard InChI is InChI=1S/C20H20BrN3O2/c1-5-8-23-19(25)18(22-20(23)26)11-15-10-13(3)24(14(15)4)16-6-7-17(21)12(2)9-16/h5-7,9-11H,1,8H2,2-4H3,(H,22,26)/b18-11+. The maximum atomic E-state index is 12.4. The summed E-state index contributed by atoms with van der Waals surface area (Å²) in [4.78, 5) is 25.4. The minimum absolute atomic E-state index is 0.194. The Bertz CT molecular complexity index is 956. The lowest BCUT2D eigenvalue weighted by Crippen LogP contribution is -2.30. The number of aromatic nitrogens is 1. The molecular formula is C20H20BrN3O2. The highest BCUT2D eigenvalue weighted by Crippen LogP contribution is 2.26. The van der Waals surface area contributed by atoms with Gasteiger partial charge in [0, 0.05) is 28.1 Å². The van der Waals surface area contributed by atoms with E-state index < -0.39 is 6.03 Å². The van der Waals surface area contributed by atoms with Crippen LogP contribution in [0.15, 0.2) is 47.1 Å². The number of urea groups is 1. The highest BCUT2D eigenvalue weighted by molar-refractivity contribution is 9.10. The van der Waals surface area contributed by atoms with Crippen LogP contribution in [0.2, 0.25) is 0 Å². The van der Waals surface area contributed by atoms with Crippen LogP contribution in [0.1, 0.15) is 22.5 Å². The fourth-order valence-corrected chi connectivity index (χ4v) is 3.37. The van der Waals surface area contributed by atoms with Crippen molar-refractivity contribution in [2.24, 2.45) is 0 Å². The van der Waals surface area contributed by atoms with Gasteiger partial charge in [0.25, 0.3) is 5.91 Å². The van der Waals surface area contributed by atoms with Crippen molar-refractivity contribution in [1.82, 2.24) is 14.8 Å². The molecule has 1 aliphatic heterocycles. The van der Waals surface area contributed by atoms with Crippen LogP contribution in [0.3, 0.4) is 0 Å². The van der Waals surface area contributed by atoms with Crippen LogP contribution in [-0.4, -0.2) is 28.0 Å². The number of hydrogen-bond donors (Lipinski definition) is 1. The second kappa shape index (κ2) is 6.96. The number of nitrogens with zero attached hydrogens (tertiary/aromatic N) is 2. The number of hydrogen-bond acceptors (Lipinski definition) is 2. The number of carbonyl (C=O) groups is 2. The summed E-state index contributed by atoms with van der Waals surface area (Å²) in [5.74, 6) is -0.334. The van der Waals surface area contributed by atoms with Crippen LogP contribution < -0.4 is 5.32 Å². The third-order valence-electron chi connectivity index (χ3n) is 4.44. The number of amides is 3. The molecule has 1 aromatic carbocycles. The summed E-state index contributed by atoms with van der Waals surface area (Å²) in [6.07, 6.45) is 3.26. The van der Waals surface area contributed by atoms with Gasteiger partial charge >= 0.3 is 6.03 Å². The SMILES string of the molecule is C=CCN1C(=O)N/C(=C/c2cc(C)n(-c3ccc(Br)c(C)c3)c2C)C1=O. The minimum Gasteiger partial charge on any atom is -0.318 e. The lowest BCUT2D eigenvalue weighted by molar-refractivity contribution is -0.122. The molecule has 26 heavy (non-hydrogen) atoms. The number of nitrogens with one attached hydrogen (secondary N) is 1. The molecule has 0 unspecified atom stereocenters. The zero-order valence-electron chi connectivity index (χ0n) is 15.0. The number of halogens is 1. The fraction of sp³-hybridized carbons (Fsp3) is 0.200. The van der Waals surface area contributed by atoms with Crippen molar-refractivity contribution in [3.63, 3.8) is 0 Å². The molecule has 1 aliphatic rings. The quantitative estimate of drug-likeness (QED) is 0.462. The molecule has 3 amide bonds. The van der Waals surface area contributed by atoms with E-state index in [0.717, 1.165) is 37.6 Å². The van der Waals surface area contributed by atoms with Crippen LogP contribution in [0.4, 0.5) is 4.79 Å². The molecule has 0 radical (unpaired) electrons. The second-order valence-corrected chi connectivity index (χ2v) is 7.14. The Labute approximate surface area is 161 Å². The third kappa shape index (κ3) is 3.12. The lowest BCUT2D eigenvalue weighted by Gasteiger charge is -2.11. The van der Waals surface area contributed by atoms with E-state index in [4.69, 9.17) is 0 Å². The van der Waals surface area contributed by atoms with E-state index in [9.17, 15) is 9.59 Å². The molecule has 2 aromatic rings. The molecule has 0 saturated carbocycles. The van der Waals surface area contributed by atoms with Gasteiger partial charge in [-0.3, -0.25) is 9.69 Å². The molecule has 5 nitrogen and oxygen atoms in total. The number of imide groups is 1. The van der Waals surface area contributed by atoms with Crippen LogP contribution in [-0.2, 0) is 4.79 Å². The average Bonchev–Trinajstić information content (AvgIpc) is 3.01. The Kier molecular flexibility index (Phi) is 4.87. The van der Waals surface area contributed by atoms with Crippen molar-refractivity contribution in [2.45, 2.75) is 20.8 Å². The van der Waals surface area contributed by atoms with Gasteiger partial charge in [-0.2, -0.15) is 0 Å². The maximum absolute atomic E-state index is 12.4. The molecule has 3 rings (SSSR count). The summed E-state index contributed by atoms with van der Waals surface area (Å²) >= 11 is 3.52. The maximum Gasteiger partial charge on any atom is 0.329 e. The lowest BCUT2D eigenvalue weighted by atomic mass is 10.2. The van der Waals surface area contributed by atoms with E-state index in [0.29, 0.717) is 0 Å². The summed E-state index contributed by atoms with van der Waals surface area (Å²) in [5.41, 5.74) is 5.43. The van der Waals surface area contributed by atoms with Crippen molar-refractivity contribution < 1.29 is 9.59 Å². The molecule has 0 atom stereocenters. The van der Waals surface area contributed by atoms with Gasteiger partial charge in [0.2, 0.25) is 0 Å². The minimum atomic E-state index is -0.418. The number of rotatable bonds is 4. The fourth-order valence-electron chi connectivity index (χ4n) is 3.12. The smallest absolute Gasteiger partial charge is 0.318 e. The monoisotopic (exact) mass is 413 g/mol. The van der Waals surface area contributed by atoms with Gasteiger partial charge in [-0.1, -0.05) is 22.0 Å². The molecule has 1 N–H and O–H groups in total. The first-order chi connectivity index (χ1) is 12.3. The van der Waals surface area contributed by atoms with E-state index in [1.165, 1.54) is 6.08 Å². The van der Waals surface area contributed by atoms with Crippen LogP contribution in [0.25, 0.3) is 11.8 Å². The molecular weight excluding hydrogens is 394 g/mol. The largest absolute Gasteiger partial charge is 0.329 e. The molecule has 1 aromatic heterocycles. The molecule has 6 heteroatoms. The Hall–Kier alpha value is -2.60. The second-order valence-electron chi connectivity index (χ2n) is 6.29. The predicted molar refractivity (Wildman–Crippen MR) is 106 cm³/mol. The van der Waals surface area contributed by atoms with Gasteiger partial charge in [-0.25, -0.2) is 4.79 Å². The Morgan fingerprint density at radius 3 is 2.58 bits per heavy atom. The number of carbonyl (C=O) groups excluding carboxylic acids is 2. The van der Waals surface area contributed by atoms with Gasteiger partial charge in [0.1, 0.15) is 5.70 Å². The van der Waals surface area contributed by atoms with Gasteiger partial charge in [0.15, 0.2) is 0 Å². The zero-order valence-corrected chi connectivity index (χ0v) is 16.6. The molecule has 1 saturated heterocycles. The highest BCUT2D eigenvalue weighted by atomic mass is 79.9. The van der Waals surface area contributed by atoms with Crippen molar-refractivity contribution in [1.29, 1.82) is 0 Å². The van der Waals surface area contributed by atoms with Crippen LogP contribution in [0, 0.1) is 20.8 Å². The number of aryl methyl sites for hydroxylation is 2. The Morgan fingerprint density at radius 2 is 1.92 bits per heavy atom. The van der Waals surface area contributed by atoms with Crippen molar-refractivity contribution >= 4 is 33.9 Å². The summed E-state index contributed by atoms with van der Waals surface area (Å²) in [6, 6.07) is 7.76. The van der Waals surface area contributed by atoms with Crippen molar-refractivity contribution in [2.75, 3.05) is 6.54 Å². The molecule has 2 heterocycles. The molecule has 0 spiro atoms.